The van der Waals surface area contributed by atoms with Crippen LogP contribution in [0.3, 0.4) is 0 Å². The molecule has 3 atom stereocenters. The van der Waals surface area contributed by atoms with Crippen molar-refractivity contribution in [3.63, 3.8) is 0 Å². The molecule has 0 fully saturated rings. The number of nitrogens with zero attached hydrogens (tertiary/aromatic N) is 1. The largest absolute Gasteiger partial charge is 0.480 e. The molecule has 0 bridgehead atoms. The van der Waals surface area contributed by atoms with Gasteiger partial charge in [0.25, 0.3) is 0 Å². The Kier molecular flexibility index (Phi) is 9.40. The summed E-state index contributed by atoms with van der Waals surface area (Å²) in [5.74, 6) is -2.54. The number of carboxylic acids is 1. The highest BCUT2D eigenvalue weighted by Crippen LogP contribution is 2.05. The van der Waals surface area contributed by atoms with Gasteiger partial charge in [-0.2, -0.15) is 0 Å². The van der Waals surface area contributed by atoms with Gasteiger partial charge in [-0.15, -0.1) is 0 Å². The van der Waals surface area contributed by atoms with Crippen LogP contribution in [-0.2, 0) is 14.4 Å². The Morgan fingerprint density at radius 3 is 2.08 bits per heavy atom. The average Bonchev–Trinajstić information content (AvgIpc) is 2.46. The van der Waals surface area contributed by atoms with Gasteiger partial charge in [0.2, 0.25) is 11.8 Å². The third-order valence-corrected chi connectivity index (χ3v) is 3.22. The molecule has 0 aromatic rings. The van der Waals surface area contributed by atoms with Gasteiger partial charge in [0.1, 0.15) is 12.1 Å². The second kappa shape index (κ2) is 10.4. The second-order valence-corrected chi connectivity index (χ2v) is 5.87. The zero-order valence-corrected chi connectivity index (χ0v) is 14.3. The molecule has 0 aliphatic rings. The highest BCUT2D eigenvalue weighted by Gasteiger charge is 2.28. The smallest absolute Gasteiger partial charge is 0.326 e. The number of guanidine groups is 1. The van der Waals surface area contributed by atoms with E-state index in [-0.39, 0.29) is 24.8 Å². The number of carboxylic acid groups (broad SMARTS) is 1. The van der Waals surface area contributed by atoms with E-state index in [1.54, 1.807) is 13.8 Å². The molecule has 2 amide bonds. The average molecular weight is 344 g/mol. The molecule has 138 valence electrons. The lowest BCUT2D eigenvalue weighted by atomic mass is 10.0. The van der Waals surface area contributed by atoms with Gasteiger partial charge in [-0.1, -0.05) is 13.8 Å². The second-order valence-electron chi connectivity index (χ2n) is 5.87. The van der Waals surface area contributed by atoms with Crippen LogP contribution in [0.1, 0.15) is 33.6 Å². The molecule has 0 aromatic heterocycles. The van der Waals surface area contributed by atoms with Gasteiger partial charge in [0.05, 0.1) is 6.04 Å². The molecule has 0 heterocycles. The molecule has 10 nitrogen and oxygen atoms in total. The first kappa shape index (κ1) is 21.6. The van der Waals surface area contributed by atoms with Crippen molar-refractivity contribution in [1.82, 2.24) is 10.6 Å². The summed E-state index contributed by atoms with van der Waals surface area (Å²) in [7, 11) is 0. The van der Waals surface area contributed by atoms with Gasteiger partial charge < -0.3 is 32.9 Å². The Labute approximate surface area is 141 Å². The van der Waals surface area contributed by atoms with E-state index in [0.717, 1.165) is 0 Å². The minimum absolute atomic E-state index is 0.0793. The number of aliphatic carboxylic acids is 1. The van der Waals surface area contributed by atoms with Crippen LogP contribution in [0.5, 0.6) is 0 Å². The van der Waals surface area contributed by atoms with Gasteiger partial charge in [-0.05, 0) is 25.7 Å². The number of nitrogens with one attached hydrogen (secondary N) is 2. The van der Waals surface area contributed by atoms with Crippen LogP contribution >= 0.6 is 0 Å². The molecule has 9 N–H and O–H groups in total. The Bertz CT molecular complexity index is 474. The fourth-order valence-corrected chi connectivity index (χ4v) is 1.84. The zero-order valence-electron chi connectivity index (χ0n) is 14.3. The Morgan fingerprint density at radius 1 is 1.08 bits per heavy atom. The topological polar surface area (TPSA) is 186 Å². The first-order valence-corrected chi connectivity index (χ1v) is 7.70. The van der Waals surface area contributed by atoms with Crippen molar-refractivity contribution in [3.8, 4) is 0 Å². The molecule has 0 saturated carbocycles. The van der Waals surface area contributed by atoms with E-state index in [2.05, 4.69) is 15.6 Å². The normalized spacial score (nSPS) is 14.4. The van der Waals surface area contributed by atoms with Crippen molar-refractivity contribution in [3.05, 3.63) is 0 Å². The van der Waals surface area contributed by atoms with Crippen LogP contribution in [0.15, 0.2) is 4.99 Å². The maximum atomic E-state index is 12.3. The number of hydrogen-bond acceptors (Lipinski definition) is 5. The van der Waals surface area contributed by atoms with Crippen molar-refractivity contribution in [2.45, 2.75) is 51.7 Å². The van der Waals surface area contributed by atoms with Crippen molar-refractivity contribution in [2.24, 2.45) is 28.1 Å². The van der Waals surface area contributed by atoms with Gasteiger partial charge in [0, 0.05) is 6.54 Å². The summed E-state index contributed by atoms with van der Waals surface area (Å²) < 4.78 is 0. The fourth-order valence-electron chi connectivity index (χ4n) is 1.84. The van der Waals surface area contributed by atoms with E-state index >= 15 is 0 Å². The summed E-state index contributed by atoms with van der Waals surface area (Å²) in [4.78, 5) is 39.0. The lowest BCUT2D eigenvalue weighted by Gasteiger charge is -2.24. The van der Waals surface area contributed by atoms with Crippen LogP contribution in [0.2, 0.25) is 0 Å². The monoisotopic (exact) mass is 344 g/mol. The number of aliphatic imine (C=N–C) groups is 1. The van der Waals surface area contributed by atoms with E-state index in [4.69, 9.17) is 17.2 Å². The van der Waals surface area contributed by atoms with Crippen LogP contribution in [0, 0.1) is 5.92 Å². The van der Waals surface area contributed by atoms with E-state index in [1.165, 1.54) is 6.92 Å². The first-order valence-electron chi connectivity index (χ1n) is 7.70. The standard InChI is InChI=1S/C14H28N6O4/c1-7(2)10(20-11(21)8(3)15)12(22)19-9(13(23)24)5-4-6-18-14(16)17/h7-10H,4-6,15H2,1-3H3,(H,19,22)(H,20,21)(H,23,24)(H4,16,17,18). The Balaban J connectivity index is 4.78. The van der Waals surface area contributed by atoms with Gasteiger partial charge in [0.15, 0.2) is 5.96 Å². The number of hydrogen-bond donors (Lipinski definition) is 6. The summed E-state index contributed by atoms with van der Waals surface area (Å²) in [6.07, 6.45) is 0.539. The third kappa shape index (κ3) is 8.32. The molecular weight excluding hydrogens is 316 g/mol. The maximum Gasteiger partial charge on any atom is 0.326 e. The molecule has 0 aromatic carbocycles. The molecule has 24 heavy (non-hydrogen) atoms. The minimum atomic E-state index is -1.17. The maximum absolute atomic E-state index is 12.3. The lowest BCUT2D eigenvalue weighted by molar-refractivity contribution is -0.142. The van der Waals surface area contributed by atoms with Crippen LogP contribution in [0.25, 0.3) is 0 Å². The van der Waals surface area contributed by atoms with Gasteiger partial charge in [-0.3, -0.25) is 14.6 Å². The van der Waals surface area contributed by atoms with E-state index in [9.17, 15) is 19.5 Å². The predicted octanol–water partition coefficient (Wildman–Crippen LogP) is -1.90. The first-order chi connectivity index (χ1) is 11.1. The Hall–Kier alpha value is -2.36. The van der Waals surface area contributed by atoms with E-state index in [0.29, 0.717) is 6.42 Å². The molecule has 0 rings (SSSR count). The molecule has 3 unspecified atom stereocenters. The van der Waals surface area contributed by atoms with Crippen molar-refractivity contribution in [1.29, 1.82) is 0 Å². The highest BCUT2D eigenvalue weighted by molar-refractivity contribution is 5.91. The fraction of sp³-hybridized carbons (Fsp3) is 0.714. The third-order valence-electron chi connectivity index (χ3n) is 3.22. The quantitative estimate of drug-likeness (QED) is 0.152. The molecule has 0 saturated heterocycles. The molecule has 0 radical (unpaired) electrons. The summed E-state index contributed by atoms with van der Waals surface area (Å²) >= 11 is 0. The molecule has 0 spiro atoms. The van der Waals surface area contributed by atoms with Gasteiger partial charge in [-0.25, -0.2) is 4.79 Å². The van der Waals surface area contributed by atoms with E-state index < -0.39 is 35.9 Å². The van der Waals surface area contributed by atoms with Crippen LogP contribution in [-0.4, -0.2) is 53.5 Å². The molecule has 0 aliphatic carbocycles. The van der Waals surface area contributed by atoms with Gasteiger partial charge >= 0.3 is 5.97 Å². The molecule has 10 heteroatoms. The number of amides is 2. The summed E-state index contributed by atoms with van der Waals surface area (Å²) in [5, 5.41) is 14.2. The van der Waals surface area contributed by atoms with E-state index in [1.807, 2.05) is 0 Å². The number of carbonyl (C=O) groups is 3. The van der Waals surface area contributed by atoms with Crippen molar-refractivity contribution < 1.29 is 19.5 Å². The van der Waals surface area contributed by atoms with Crippen LogP contribution < -0.4 is 27.8 Å². The van der Waals surface area contributed by atoms with Crippen molar-refractivity contribution >= 4 is 23.7 Å². The highest BCUT2D eigenvalue weighted by atomic mass is 16.4. The molecular formula is C14H28N6O4. The minimum Gasteiger partial charge on any atom is -0.480 e. The Morgan fingerprint density at radius 2 is 1.67 bits per heavy atom. The zero-order chi connectivity index (χ0) is 18.9. The molecule has 0 aliphatic heterocycles. The van der Waals surface area contributed by atoms with Crippen LogP contribution in [0.4, 0.5) is 0 Å². The number of carbonyl (C=O) groups excluding carboxylic acids is 2. The predicted molar refractivity (Wildman–Crippen MR) is 89.9 cm³/mol. The SMILES string of the molecule is CC(N)C(=O)NC(C(=O)NC(CCCN=C(N)N)C(=O)O)C(C)C. The lowest BCUT2D eigenvalue weighted by Crippen LogP contribution is -2.55. The summed E-state index contributed by atoms with van der Waals surface area (Å²) in [5.41, 5.74) is 15.8. The van der Waals surface area contributed by atoms with Crippen molar-refractivity contribution in [2.75, 3.05) is 6.54 Å². The summed E-state index contributed by atoms with van der Waals surface area (Å²) in [6.45, 7) is 5.23. The summed E-state index contributed by atoms with van der Waals surface area (Å²) in [6, 6.07) is -2.74. The number of rotatable bonds is 10. The number of nitrogens with two attached hydrogens (primary N) is 3.